The van der Waals surface area contributed by atoms with Gasteiger partial charge in [0.1, 0.15) is 11.2 Å². The molecule has 10 heteroatoms. The Balaban J connectivity index is 1.77. The molecule has 7 atom stereocenters. The predicted octanol–water partition coefficient (Wildman–Crippen LogP) is 3.81. The van der Waals surface area contributed by atoms with Crippen LogP contribution in [0.1, 0.15) is 34.1 Å². The Hall–Kier alpha value is 1.06. The molecule has 0 radical (unpaired) electrons. The van der Waals surface area contributed by atoms with Gasteiger partial charge < -0.3 is 23.3 Å². The molecule has 4 saturated heterocycles. The van der Waals surface area contributed by atoms with E-state index in [1.54, 1.807) is 6.92 Å². The summed E-state index contributed by atoms with van der Waals surface area (Å²) >= 11 is 17.9. The first-order valence-corrected chi connectivity index (χ1v) is 9.57. The van der Waals surface area contributed by atoms with Crippen LogP contribution in [0, 0.1) is 0 Å². The van der Waals surface area contributed by atoms with Gasteiger partial charge in [-0.3, -0.25) is 4.52 Å². The van der Waals surface area contributed by atoms with E-state index in [0.717, 1.165) is 0 Å². The van der Waals surface area contributed by atoms with Crippen LogP contribution in [-0.2, 0) is 27.8 Å². The molecule has 6 nitrogen and oxygen atoms in total. The monoisotopic (exact) mass is 406 g/mol. The molecule has 0 aromatic rings. The number of halogens is 3. The quantitative estimate of drug-likeness (QED) is 0.449. The molecule has 4 fully saturated rings. The minimum atomic E-state index is -1.74. The largest absolute Gasteiger partial charge is 0.338 e. The third kappa shape index (κ3) is 2.14. The van der Waals surface area contributed by atoms with Gasteiger partial charge in [0, 0.05) is 6.42 Å². The molecule has 132 valence electrons. The Labute approximate surface area is 150 Å². The second-order valence-corrected chi connectivity index (χ2v) is 10.5. The first-order chi connectivity index (χ1) is 10.4. The van der Waals surface area contributed by atoms with E-state index in [1.165, 1.54) is 0 Å². The van der Waals surface area contributed by atoms with Gasteiger partial charge in [-0.05, 0) is 27.7 Å². The lowest BCUT2D eigenvalue weighted by atomic mass is 9.72. The molecule has 0 aromatic heterocycles. The second kappa shape index (κ2) is 4.86. The molecule has 4 heterocycles. The van der Waals surface area contributed by atoms with E-state index in [-0.39, 0.29) is 6.10 Å². The van der Waals surface area contributed by atoms with Crippen LogP contribution < -0.4 is 0 Å². The van der Waals surface area contributed by atoms with Crippen molar-refractivity contribution in [2.24, 2.45) is 0 Å². The van der Waals surface area contributed by atoms with Gasteiger partial charge in [0.05, 0.1) is 12.7 Å². The van der Waals surface area contributed by atoms with E-state index in [4.69, 9.17) is 62.6 Å². The van der Waals surface area contributed by atoms with Crippen LogP contribution in [0.3, 0.4) is 0 Å². The van der Waals surface area contributed by atoms with Crippen molar-refractivity contribution in [2.75, 3.05) is 6.61 Å². The fourth-order valence-electron chi connectivity index (χ4n) is 3.97. The zero-order chi connectivity index (χ0) is 16.9. The maximum atomic E-state index is 6.36. The SMILES string of the molecule is C[C@]12O[C@H](C(Cl)(Cl)Cl)O[C@]1(C)[C@@]1(C)O[P@]3OC[C@@H](C[C@@]1(C)O2)O3. The predicted molar refractivity (Wildman–Crippen MR) is 84.4 cm³/mol. The zero-order valence-corrected chi connectivity index (χ0v) is 16.3. The van der Waals surface area contributed by atoms with E-state index in [2.05, 4.69) is 0 Å². The zero-order valence-electron chi connectivity index (χ0n) is 13.1. The van der Waals surface area contributed by atoms with E-state index < -0.39 is 41.3 Å². The molecule has 4 rings (SSSR count). The summed E-state index contributed by atoms with van der Waals surface area (Å²) in [7, 11) is -1.47. The average Bonchev–Trinajstić information content (AvgIpc) is 2.92. The fraction of sp³-hybridized carbons (Fsp3) is 1.00. The third-order valence-corrected chi connectivity index (χ3v) is 7.50. The van der Waals surface area contributed by atoms with Crippen molar-refractivity contribution >= 4 is 43.4 Å². The molecule has 0 amide bonds. The van der Waals surface area contributed by atoms with E-state index in [0.29, 0.717) is 13.0 Å². The molecule has 0 saturated carbocycles. The van der Waals surface area contributed by atoms with E-state index in [9.17, 15) is 0 Å². The van der Waals surface area contributed by atoms with Crippen LogP contribution in [0.25, 0.3) is 0 Å². The van der Waals surface area contributed by atoms with Crippen molar-refractivity contribution in [2.45, 2.75) is 72.9 Å². The Morgan fingerprint density at radius 3 is 2.39 bits per heavy atom. The molecule has 0 aromatic carbocycles. The first kappa shape index (κ1) is 17.5. The van der Waals surface area contributed by atoms with Crippen molar-refractivity contribution in [1.82, 2.24) is 0 Å². The summed E-state index contributed by atoms with van der Waals surface area (Å²) in [6.07, 6.45) is -0.552. The Morgan fingerprint density at radius 2 is 1.74 bits per heavy atom. The van der Waals surface area contributed by atoms with Gasteiger partial charge >= 0.3 is 8.60 Å². The van der Waals surface area contributed by atoms with Crippen molar-refractivity contribution < 1.29 is 27.8 Å². The normalized spacial score (nSPS) is 58.8. The topological polar surface area (TPSA) is 55.4 Å². The standard InChI is InChI=1S/C13H18Cl3O6P/c1-9-5-7-6-17-23(20-7)22-10(9,2)11(3)12(4,21-9)19-8(18-11)13(14,15)16/h7-8H,5-6H2,1-4H3/t7-,8-,9-,10+,11-,12-,23-/m1/s1. The summed E-state index contributed by atoms with van der Waals surface area (Å²) in [6.45, 7) is 8.02. The van der Waals surface area contributed by atoms with E-state index in [1.807, 2.05) is 20.8 Å². The van der Waals surface area contributed by atoms with Gasteiger partial charge in [0.15, 0.2) is 5.60 Å². The van der Waals surface area contributed by atoms with Gasteiger partial charge in [-0.2, -0.15) is 0 Å². The summed E-state index contributed by atoms with van der Waals surface area (Å²) in [4.78, 5) is 0. The molecule has 4 aliphatic heterocycles. The van der Waals surface area contributed by atoms with Crippen molar-refractivity contribution in [3.63, 3.8) is 0 Å². The maximum absolute atomic E-state index is 6.36. The number of alkyl halides is 3. The van der Waals surface area contributed by atoms with Crippen LogP contribution in [0.2, 0.25) is 0 Å². The highest BCUT2D eigenvalue weighted by atomic mass is 35.6. The number of ether oxygens (including phenoxy) is 3. The van der Waals surface area contributed by atoms with Gasteiger partial charge in [0.25, 0.3) is 0 Å². The first-order valence-electron chi connectivity index (χ1n) is 7.34. The fourth-order valence-corrected chi connectivity index (χ4v) is 5.72. The maximum Gasteiger partial charge on any atom is 0.333 e. The summed E-state index contributed by atoms with van der Waals surface area (Å²) in [5, 5.41) is 0. The number of hydrogen-bond donors (Lipinski definition) is 0. The van der Waals surface area contributed by atoms with Gasteiger partial charge in [-0.1, -0.05) is 34.8 Å². The van der Waals surface area contributed by atoms with Gasteiger partial charge in [0.2, 0.25) is 15.9 Å². The van der Waals surface area contributed by atoms with Crippen LogP contribution >= 0.6 is 43.4 Å². The smallest absolute Gasteiger partial charge is 0.333 e. The Bertz CT molecular complexity index is 548. The highest BCUT2D eigenvalue weighted by Crippen LogP contribution is 2.69. The molecule has 0 spiro atoms. The van der Waals surface area contributed by atoms with Gasteiger partial charge in [-0.25, -0.2) is 0 Å². The van der Waals surface area contributed by atoms with Crippen molar-refractivity contribution in [3.05, 3.63) is 0 Å². The summed E-state index contributed by atoms with van der Waals surface area (Å²) in [5.41, 5.74) is -2.61. The van der Waals surface area contributed by atoms with Crippen LogP contribution in [0.5, 0.6) is 0 Å². The van der Waals surface area contributed by atoms with Gasteiger partial charge in [-0.15, -0.1) is 0 Å². The summed E-state index contributed by atoms with van der Waals surface area (Å²) < 4.78 is 34.2. The number of rotatable bonds is 0. The van der Waals surface area contributed by atoms with Crippen molar-refractivity contribution in [3.8, 4) is 0 Å². The Morgan fingerprint density at radius 1 is 1.04 bits per heavy atom. The minimum Gasteiger partial charge on any atom is -0.338 e. The molecule has 23 heavy (non-hydrogen) atoms. The molecular weight excluding hydrogens is 389 g/mol. The average molecular weight is 408 g/mol. The van der Waals surface area contributed by atoms with Crippen LogP contribution in [0.15, 0.2) is 0 Å². The number of hydrogen-bond acceptors (Lipinski definition) is 6. The Kier molecular flexibility index (Phi) is 3.69. The molecule has 4 aliphatic rings. The highest BCUT2D eigenvalue weighted by Gasteiger charge is 2.81. The molecule has 0 aliphatic carbocycles. The molecule has 0 N–H and O–H groups in total. The van der Waals surface area contributed by atoms with Crippen molar-refractivity contribution in [1.29, 1.82) is 0 Å². The molecule has 0 unspecified atom stereocenters. The lowest BCUT2D eigenvalue weighted by Crippen LogP contribution is -2.62. The van der Waals surface area contributed by atoms with Crippen LogP contribution in [-0.4, -0.2) is 45.4 Å². The lowest BCUT2D eigenvalue weighted by molar-refractivity contribution is -0.256. The highest BCUT2D eigenvalue weighted by molar-refractivity contribution is 7.42. The summed E-state index contributed by atoms with van der Waals surface area (Å²) in [6, 6.07) is 0. The van der Waals surface area contributed by atoms with Crippen LogP contribution in [0.4, 0.5) is 0 Å². The molecule has 2 bridgehead atoms. The second-order valence-electron chi connectivity index (χ2n) is 7.00. The summed E-state index contributed by atoms with van der Waals surface area (Å²) in [5.74, 6) is -1.13. The minimum absolute atomic E-state index is 0.0806. The third-order valence-electron chi connectivity index (χ3n) is 5.62. The van der Waals surface area contributed by atoms with E-state index >= 15 is 0 Å². The number of fused-ring (bicyclic) bond motifs is 5. The lowest BCUT2D eigenvalue weighted by Gasteiger charge is -2.45. The molecular formula is C13H18Cl3O6P.